The van der Waals surface area contributed by atoms with Crippen molar-refractivity contribution in [1.29, 1.82) is 0 Å². The molecule has 0 aliphatic carbocycles. The van der Waals surface area contributed by atoms with Gasteiger partial charge in [-0.25, -0.2) is 0 Å². The molecule has 1 N–H and O–H groups in total. The molecule has 98 valence electrons. The molecule has 0 aliphatic rings. The van der Waals surface area contributed by atoms with Crippen LogP contribution in [0.2, 0.25) is 15.1 Å². The van der Waals surface area contributed by atoms with Crippen molar-refractivity contribution in [3.8, 4) is 0 Å². The van der Waals surface area contributed by atoms with Crippen LogP contribution in [-0.4, -0.2) is 5.71 Å². The SMILES string of the molecule is C/C(=N/Nc1c(Cl)cc(Cl)cc1Cl)c1ccccc1. The lowest BCUT2D eigenvalue weighted by Gasteiger charge is -2.08. The highest BCUT2D eigenvalue weighted by molar-refractivity contribution is 6.41. The summed E-state index contributed by atoms with van der Waals surface area (Å²) in [6.45, 7) is 1.90. The molecule has 2 aromatic rings. The van der Waals surface area contributed by atoms with Crippen molar-refractivity contribution >= 4 is 46.2 Å². The summed E-state index contributed by atoms with van der Waals surface area (Å²) in [7, 11) is 0. The van der Waals surface area contributed by atoms with Crippen LogP contribution in [0.5, 0.6) is 0 Å². The molecule has 0 bridgehead atoms. The van der Waals surface area contributed by atoms with Crippen molar-refractivity contribution in [2.75, 3.05) is 5.43 Å². The van der Waals surface area contributed by atoms with E-state index >= 15 is 0 Å². The number of halogens is 3. The number of rotatable bonds is 3. The van der Waals surface area contributed by atoms with Crippen LogP contribution in [0.25, 0.3) is 0 Å². The van der Waals surface area contributed by atoms with Gasteiger partial charge in [-0.15, -0.1) is 0 Å². The van der Waals surface area contributed by atoms with Gasteiger partial charge in [-0.3, -0.25) is 5.43 Å². The van der Waals surface area contributed by atoms with E-state index in [1.54, 1.807) is 12.1 Å². The second-order valence-electron chi connectivity index (χ2n) is 3.92. The van der Waals surface area contributed by atoms with Gasteiger partial charge in [-0.1, -0.05) is 65.1 Å². The maximum absolute atomic E-state index is 6.06. The Hall–Kier alpha value is -1.22. The first-order chi connectivity index (χ1) is 9.08. The Morgan fingerprint density at radius 1 is 1.00 bits per heavy atom. The predicted octanol–water partition coefficient (Wildman–Crippen LogP) is 5.48. The van der Waals surface area contributed by atoms with Crippen LogP contribution in [0.15, 0.2) is 47.6 Å². The lowest BCUT2D eigenvalue weighted by atomic mass is 10.1. The molecule has 0 fully saturated rings. The van der Waals surface area contributed by atoms with Gasteiger partial charge in [0, 0.05) is 5.02 Å². The van der Waals surface area contributed by atoms with Crippen LogP contribution in [0, 0.1) is 0 Å². The zero-order valence-electron chi connectivity index (χ0n) is 10.1. The number of hydrogen-bond donors (Lipinski definition) is 1. The molecule has 0 spiro atoms. The van der Waals surface area contributed by atoms with Gasteiger partial charge in [0.2, 0.25) is 0 Å². The predicted molar refractivity (Wildman–Crippen MR) is 83.7 cm³/mol. The molecule has 0 saturated carbocycles. The van der Waals surface area contributed by atoms with Crippen molar-refractivity contribution in [1.82, 2.24) is 0 Å². The smallest absolute Gasteiger partial charge is 0.0935 e. The fraction of sp³-hybridized carbons (Fsp3) is 0.0714. The zero-order valence-corrected chi connectivity index (χ0v) is 12.4. The molecular weight excluding hydrogens is 303 g/mol. The molecule has 0 aliphatic heterocycles. The molecule has 2 nitrogen and oxygen atoms in total. The second kappa shape index (κ2) is 6.29. The largest absolute Gasteiger partial charge is 0.275 e. The molecule has 0 saturated heterocycles. The molecule has 5 heteroatoms. The summed E-state index contributed by atoms with van der Waals surface area (Å²) in [5, 5.41) is 5.63. The van der Waals surface area contributed by atoms with Crippen LogP contribution < -0.4 is 5.43 Å². The lowest BCUT2D eigenvalue weighted by Crippen LogP contribution is -2.00. The van der Waals surface area contributed by atoms with Gasteiger partial charge in [0.1, 0.15) is 0 Å². The Morgan fingerprint density at radius 3 is 2.16 bits per heavy atom. The van der Waals surface area contributed by atoms with E-state index in [1.807, 2.05) is 37.3 Å². The number of nitrogens with one attached hydrogen (secondary N) is 1. The fourth-order valence-electron chi connectivity index (χ4n) is 1.53. The lowest BCUT2D eigenvalue weighted by molar-refractivity contribution is 1.32. The minimum atomic E-state index is 0.433. The summed E-state index contributed by atoms with van der Waals surface area (Å²) in [6.07, 6.45) is 0. The Labute approximate surface area is 127 Å². The Bertz CT molecular complexity index is 586. The van der Waals surface area contributed by atoms with Gasteiger partial charge in [0.05, 0.1) is 21.4 Å². The Kier molecular flexibility index (Phi) is 4.70. The quantitative estimate of drug-likeness (QED) is 0.588. The van der Waals surface area contributed by atoms with E-state index in [0.717, 1.165) is 11.3 Å². The third-order valence-electron chi connectivity index (χ3n) is 2.53. The van der Waals surface area contributed by atoms with Crippen molar-refractivity contribution in [2.24, 2.45) is 5.10 Å². The highest BCUT2D eigenvalue weighted by Gasteiger charge is 2.07. The van der Waals surface area contributed by atoms with Crippen molar-refractivity contribution in [3.05, 3.63) is 63.1 Å². The summed E-state index contributed by atoms with van der Waals surface area (Å²) in [6, 6.07) is 13.1. The summed E-state index contributed by atoms with van der Waals surface area (Å²) in [4.78, 5) is 0. The maximum atomic E-state index is 6.06. The van der Waals surface area contributed by atoms with Crippen molar-refractivity contribution in [3.63, 3.8) is 0 Å². The van der Waals surface area contributed by atoms with E-state index in [4.69, 9.17) is 34.8 Å². The molecule has 0 unspecified atom stereocenters. The standard InChI is InChI=1S/C14H11Cl3N2/c1-9(10-5-3-2-4-6-10)18-19-14-12(16)7-11(15)8-13(14)17/h2-8,19H,1H3/b18-9-. The monoisotopic (exact) mass is 312 g/mol. The second-order valence-corrected chi connectivity index (χ2v) is 5.17. The third kappa shape index (κ3) is 3.63. The number of anilines is 1. The van der Waals surface area contributed by atoms with Gasteiger partial charge in [-0.05, 0) is 24.6 Å². The van der Waals surface area contributed by atoms with E-state index in [2.05, 4.69) is 10.5 Å². The van der Waals surface area contributed by atoms with Gasteiger partial charge in [0.25, 0.3) is 0 Å². The maximum Gasteiger partial charge on any atom is 0.0935 e. The van der Waals surface area contributed by atoms with Crippen molar-refractivity contribution < 1.29 is 0 Å². The summed E-state index contributed by atoms with van der Waals surface area (Å²) in [5.41, 5.74) is 5.28. The molecule has 0 atom stereocenters. The van der Waals surface area contributed by atoms with Crippen LogP contribution in [0.3, 0.4) is 0 Å². The first kappa shape index (κ1) is 14.2. The fourth-order valence-corrected chi connectivity index (χ4v) is 2.43. The third-order valence-corrected chi connectivity index (χ3v) is 3.35. The molecule has 2 aromatic carbocycles. The average Bonchev–Trinajstić information content (AvgIpc) is 2.38. The van der Waals surface area contributed by atoms with Gasteiger partial charge >= 0.3 is 0 Å². The highest BCUT2D eigenvalue weighted by atomic mass is 35.5. The number of hydrazone groups is 1. The zero-order chi connectivity index (χ0) is 13.8. The molecule has 0 aromatic heterocycles. The topological polar surface area (TPSA) is 24.4 Å². The summed E-state index contributed by atoms with van der Waals surface area (Å²) < 4.78 is 0. The van der Waals surface area contributed by atoms with Gasteiger partial charge in [-0.2, -0.15) is 5.10 Å². The van der Waals surface area contributed by atoms with Crippen LogP contribution in [-0.2, 0) is 0 Å². The van der Waals surface area contributed by atoms with Crippen LogP contribution in [0.1, 0.15) is 12.5 Å². The van der Waals surface area contributed by atoms with E-state index in [1.165, 1.54) is 0 Å². The molecule has 19 heavy (non-hydrogen) atoms. The van der Waals surface area contributed by atoms with E-state index in [-0.39, 0.29) is 0 Å². The normalized spacial score (nSPS) is 11.5. The minimum Gasteiger partial charge on any atom is -0.275 e. The van der Waals surface area contributed by atoms with Gasteiger partial charge in [0.15, 0.2) is 0 Å². The molecule has 0 heterocycles. The average molecular weight is 314 g/mol. The summed E-state index contributed by atoms with van der Waals surface area (Å²) >= 11 is 18.0. The summed E-state index contributed by atoms with van der Waals surface area (Å²) in [5.74, 6) is 0. The van der Waals surface area contributed by atoms with Crippen LogP contribution in [0.4, 0.5) is 5.69 Å². The highest BCUT2D eigenvalue weighted by Crippen LogP contribution is 2.33. The minimum absolute atomic E-state index is 0.433. The number of hydrogen-bond acceptors (Lipinski definition) is 2. The first-order valence-corrected chi connectivity index (χ1v) is 6.71. The van der Waals surface area contributed by atoms with Crippen molar-refractivity contribution in [2.45, 2.75) is 6.92 Å². The van der Waals surface area contributed by atoms with E-state index < -0.39 is 0 Å². The Balaban J connectivity index is 2.23. The van der Waals surface area contributed by atoms with E-state index in [9.17, 15) is 0 Å². The molecule has 0 amide bonds. The van der Waals surface area contributed by atoms with E-state index in [0.29, 0.717) is 20.8 Å². The number of nitrogens with zero attached hydrogens (tertiary/aromatic N) is 1. The van der Waals surface area contributed by atoms with Crippen LogP contribution >= 0.6 is 34.8 Å². The molecule has 2 rings (SSSR count). The molecule has 0 radical (unpaired) electrons. The first-order valence-electron chi connectivity index (χ1n) is 5.58. The Morgan fingerprint density at radius 2 is 1.58 bits per heavy atom. The number of benzene rings is 2. The van der Waals surface area contributed by atoms with Gasteiger partial charge < -0.3 is 0 Å². The molecular formula is C14H11Cl3N2.